The van der Waals surface area contributed by atoms with Crippen molar-refractivity contribution in [3.05, 3.63) is 53.2 Å². The molecule has 134 valence electrons. The van der Waals surface area contributed by atoms with E-state index in [0.717, 1.165) is 10.6 Å². The van der Waals surface area contributed by atoms with E-state index in [1.807, 2.05) is 17.5 Å². The zero-order valence-electron chi connectivity index (χ0n) is 14.8. The molecule has 0 saturated carbocycles. The van der Waals surface area contributed by atoms with Gasteiger partial charge in [0.25, 0.3) is 0 Å². The molecule has 0 unspecified atom stereocenters. The van der Waals surface area contributed by atoms with Gasteiger partial charge < -0.3 is 14.6 Å². The first-order chi connectivity index (χ1) is 12.4. The highest BCUT2D eigenvalue weighted by atomic mass is 32.1. The van der Waals surface area contributed by atoms with Crippen LogP contribution in [0.15, 0.2) is 46.2 Å². The lowest BCUT2D eigenvalue weighted by Crippen LogP contribution is -2.22. The highest BCUT2D eigenvalue weighted by Crippen LogP contribution is 2.26. The zero-order valence-corrected chi connectivity index (χ0v) is 15.6. The molecule has 0 aliphatic heterocycles. The predicted octanol–water partition coefficient (Wildman–Crippen LogP) is 3.88. The Hall–Kier alpha value is -2.93. The Morgan fingerprint density at radius 1 is 1.23 bits per heavy atom. The van der Waals surface area contributed by atoms with Gasteiger partial charge in [0.05, 0.1) is 17.0 Å². The van der Waals surface area contributed by atoms with Crippen molar-refractivity contribution < 1.29 is 14.0 Å². The number of nitrogens with one attached hydrogen (secondary N) is 1. The second kappa shape index (κ2) is 7.53. The minimum Gasteiger partial charge on any atom is -0.440 e. The number of aromatic nitrogens is 1. The van der Waals surface area contributed by atoms with E-state index in [2.05, 4.69) is 10.3 Å². The summed E-state index contributed by atoms with van der Waals surface area (Å²) in [4.78, 5) is 30.6. The number of amides is 2. The van der Waals surface area contributed by atoms with Gasteiger partial charge in [0.2, 0.25) is 17.7 Å². The third-order valence-corrected chi connectivity index (χ3v) is 4.82. The Bertz CT molecular complexity index is 914. The van der Waals surface area contributed by atoms with Crippen molar-refractivity contribution in [2.75, 3.05) is 17.3 Å². The van der Waals surface area contributed by atoms with Gasteiger partial charge in [0.15, 0.2) is 0 Å². The maximum atomic E-state index is 12.3. The number of hydrogen-bond donors (Lipinski definition) is 1. The van der Waals surface area contributed by atoms with E-state index >= 15 is 0 Å². The Kier molecular flexibility index (Phi) is 5.18. The Labute approximate surface area is 155 Å². The van der Waals surface area contributed by atoms with Crippen LogP contribution in [0.5, 0.6) is 0 Å². The van der Waals surface area contributed by atoms with Crippen LogP contribution in [0, 0.1) is 6.92 Å². The van der Waals surface area contributed by atoms with Crippen LogP contribution in [-0.2, 0) is 16.0 Å². The Morgan fingerprint density at radius 2 is 1.96 bits per heavy atom. The van der Waals surface area contributed by atoms with Gasteiger partial charge in [-0.2, -0.15) is 0 Å². The predicted molar refractivity (Wildman–Crippen MR) is 102 cm³/mol. The molecule has 0 radical (unpaired) electrons. The molecule has 0 fully saturated rings. The lowest BCUT2D eigenvalue weighted by atomic mass is 10.2. The van der Waals surface area contributed by atoms with Crippen LogP contribution in [0.25, 0.3) is 10.8 Å². The van der Waals surface area contributed by atoms with Gasteiger partial charge in [-0.3, -0.25) is 9.59 Å². The summed E-state index contributed by atoms with van der Waals surface area (Å²) >= 11 is 1.54. The molecule has 0 saturated heterocycles. The van der Waals surface area contributed by atoms with Crippen LogP contribution in [0.2, 0.25) is 0 Å². The number of nitrogens with zero attached hydrogens (tertiary/aromatic N) is 2. The maximum Gasteiger partial charge on any atom is 0.236 e. The third kappa shape index (κ3) is 4.00. The molecule has 0 bridgehead atoms. The molecule has 2 heterocycles. The molecule has 0 spiro atoms. The summed E-state index contributed by atoms with van der Waals surface area (Å²) in [5.41, 5.74) is 2.05. The van der Waals surface area contributed by atoms with E-state index in [1.165, 1.54) is 11.8 Å². The molecule has 26 heavy (non-hydrogen) atoms. The lowest BCUT2D eigenvalue weighted by Gasteiger charge is -2.15. The number of carbonyl (C=O) groups excluding carboxylic acids is 2. The fourth-order valence-corrected chi connectivity index (χ4v) is 3.05. The van der Waals surface area contributed by atoms with Crippen LogP contribution in [-0.4, -0.2) is 23.8 Å². The molecule has 1 N–H and O–H groups in total. The van der Waals surface area contributed by atoms with E-state index in [-0.39, 0.29) is 18.2 Å². The van der Waals surface area contributed by atoms with Crippen LogP contribution >= 0.6 is 11.3 Å². The number of anilines is 2. The first-order valence-electron chi connectivity index (χ1n) is 8.08. The summed E-state index contributed by atoms with van der Waals surface area (Å²) in [6, 6.07) is 11.0. The first-order valence-corrected chi connectivity index (χ1v) is 8.96. The molecule has 7 heteroatoms. The molecule has 3 rings (SSSR count). The summed E-state index contributed by atoms with van der Waals surface area (Å²) in [7, 11) is 1.70. The molecule has 3 aromatic rings. The van der Waals surface area contributed by atoms with Crippen LogP contribution in [0.4, 0.5) is 11.4 Å². The number of hydrogen-bond acceptors (Lipinski definition) is 5. The number of benzene rings is 1. The molecule has 0 atom stereocenters. The van der Waals surface area contributed by atoms with Crippen LogP contribution < -0.4 is 10.2 Å². The topological polar surface area (TPSA) is 75.4 Å². The molecule has 6 nitrogen and oxygen atoms in total. The zero-order chi connectivity index (χ0) is 18.7. The van der Waals surface area contributed by atoms with Gasteiger partial charge in [-0.05, 0) is 42.6 Å². The van der Waals surface area contributed by atoms with Crippen molar-refractivity contribution in [3.8, 4) is 10.8 Å². The molecule has 0 aliphatic rings. The molecular weight excluding hydrogens is 350 g/mol. The van der Waals surface area contributed by atoms with Gasteiger partial charge in [0.1, 0.15) is 5.76 Å². The van der Waals surface area contributed by atoms with Crippen molar-refractivity contribution >= 4 is 34.5 Å². The average Bonchev–Trinajstić information content (AvgIpc) is 3.25. The molecule has 0 aliphatic carbocycles. The standard InChI is InChI=1S/C19H19N3O3S/c1-12-16(21-19(25-12)17-5-4-10-26-17)11-18(24)20-14-6-8-15(9-7-14)22(3)13(2)23/h4-10H,11H2,1-3H3,(H,20,24). The quantitative estimate of drug-likeness (QED) is 0.741. The number of oxazole rings is 1. The van der Waals surface area contributed by atoms with E-state index in [4.69, 9.17) is 4.42 Å². The molecule has 2 amide bonds. The monoisotopic (exact) mass is 369 g/mol. The van der Waals surface area contributed by atoms with Crippen molar-refractivity contribution in [2.24, 2.45) is 0 Å². The normalized spacial score (nSPS) is 10.6. The van der Waals surface area contributed by atoms with Crippen molar-refractivity contribution in [2.45, 2.75) is 20.3 Å². The number of carbonyl (C=O) groups is 2. The fraction of sp³-hybridized carbons (Fsp3) is 0.211. The fourth-order valence-electron chi connectivity index (χ4n) is 2.41. The lowest BCUT2D eigenvalue weighted by molar-refractivity contribution is -0.116. The number of rotatable bonds is 5. The maximum absolute atomic E-state index is 12.3. The van der Waals surface area contributed by atoms with Gasteiger partial charge >= 0.3 is 0 Å². The van der Waals surface area contributed by atoms with Crippen molar-refractivity contribution in [1.29, 1.82) is 0 Å². The minimum absolute atomic E-state index is 0.0511. The summed E-state index contributed by atoms with van der Waals surface area (Å²) in [5, 5.41) is 4.79. The second-order valence-electron chi connectivity index (χ2n) is 5.85. The largest absolute Gasteiger partial charge is 0.440 e. The van der Waals surface area contributed by atoms with E-state index in [1.54, 1.807) is 49.6 Å². The average molecular weight is 369 g/mol. The van der Waals surface area contributed by atoms with Gasteiger partial charge in [-0.25, -0.2) is 4.98 Å². The van der Waals surface area contributed by atoms with Crippen molar-refractivity contribution in [3.63, 3.8) is 0 Å². The van der Waals surface area contributed by atoms with Gasteiger partial charge in [-0.1, -0.05) is 6.07 Å². The van der Waals surface area contributed by atoms with E-state index in [0.29, 0.717) is 23.0 Å². The van der Waals surface area contributed by atoms with Gasteiger partial charge in [-0.15, -0.1) is 11.3 Å². The SMILES string of the molecule is CC(=O)N(C)c1ccc(NC(=O)Cc2nc(-c3cccs3)oc2C)cc1. The summed E-state index contributed by atoms with van der Waals surface area (Å²) in [5.74, 6) is 0.954. The minimum atomic E-state index is -0.174. The number of aryl methyl sites for hydroxylation is 1. The molecule has 1 aromatic carbocycles. The number of thiophene rings is 1. The van der Waals surface area contributed by atoms with Crippen molar-refractivity contribution in [1.82, 2.24) is 4.98 Å². The Morgan fingerprint density at radius 3 is 2.58 bits per heavy atom. The Balaban J connectivity index is 1.65. The smallest absolute Gasteiger partial charge is 0.236 e. The second-order valence-corrected chi connectivity index (χ2v) is 6.80. The third-order valence-electron chi connectivity index (χ3n) is 3.96. The van der Waals surface area contributed by atoms with E-state index < -0.39 is 0 Å². The first kappa shape index (κ1) is 17.9. The van der Waals surface area contributed by atoms with Gasteiger partial charge in [0, 0.05) is 25.3 Å². The van der Waals surface area contributed by atoms with E-state index in [9.17, 15) is 9.59 Å². The molecular formula is C19H19N3O3S. The van der Waals surface area contributed by atoms with Crippen LogP contribution in [0.1, 0.15) is 18.4 Å². The summed E-state index contributed by atoms with van der Waals surface area (Å²) < 4.78 is 5.66. The summed E-state index contributed by atoms with van der Waals surface area (Å²) in [6.07, 6.45) is 0.135. The highest BCUT2D eigenvalue weighted by molar-refractivity contribution is 7.13. The highest BCUT2D eigenvalue weighted by Gasteiger charge is 2.15. The summed E-state index contributed by atoms with van der Waals surface area (Å²) in [6.45, 7) is 3.31. The van der Waals surface area contributed by atoms with Crippen LogP contribution in [0.3, 0.4) is 0 Å². The molecule has 2 aromatic heterocycles.